The maximum Gasteiger partial charge on any atom is 0.127 e. The molecule has 19 heavy (non-hydrogen) atoms. The lowest BCUT2D eigenvalue weighted by atomic mass is 9.95. The van der Waals surface area contributed by atoms with Crippen LogP contribution >= 0.6 is 11.6 Å². The molecule has 0 saturated heterocycles. The quantitative estimate of drug-likeness (QED) is 0.853. The largest absolute Gasteiger partial charge is 0.485 e. The number of rotatable bonds is 1. The van der Waals surface area contributed by atoms with Gasteiger partial charge in [-0.15, -0.1) is 0 Å². The van der Waals surface area contributed by atoms with Crippen molar-refractivity contribution in [2.45, 2.75) is 18.6 Å². The smallest absolute Gasteiger partial charge is 0.127 e. The van der Waals surface area contributed by atoms with Gasteiger partial charge in [-0.3, -0.25) is 0 Å². The molecule has 98 valence electrons. The van der Waals surface area contributed by atoms with Crippen LogP contribution in [0.15, 0.2) is 42.5 Å². The number of hydrogen-bond acceptors (Lipinski definition) is 2. The van der Waals surface area contributed by atoms with Crippen molar-refractivity contribution in [3.05, 3.63) is 64.4 Å². The molecule has 2 nitrogen and oxygen atoms in total. The fraction of sp³-hybridized carbons (Fsp3) is 0.200. The third-order valence-corrected chi connectivity index (χ3v) is 3.51. The van der Waals surface area contributed by atoms with Crippen molar-refractivity contribution in [1.29, 1.82) is 0 Å². The highest BCUT2D eigenvalue weighted by Crippen LogP contribution is 2.41. The summed E-state index contributed by atoms with van der Waals surface area (Å²) in [7, 11) is 0. The molecular weight excluding hydrogens is 267 g/mol. The van der Waals surface area contributed by atoms with E-state index in [0.717, 1.165) is 5.56 Å². The first-order valence-corrected chi connectivity index (χ1v) is 6.41. The zero-order valence-electron chi connectivity index (χ0n) is 10.0. The molecule has 0 bridgehead atoms. The minimum absolute atomic E-state index is 0.274. The van der Waals surface area contributed by atoms with Crippen LogP contribution in [0.2, 0.25) is 5.02 Å². The zero-order valence-corrected chi connectivity index (χ0v) is 10.8. The maximum atomic E-state index is 12.9. The molecule has 0 aromatic heterocycles. The van der Waals surface area contributed by atoms with E-state index in [2.05, 4.69) is 0 Å². The average Bonchev–Trinajstić information content (AvgIpc) is 2.40. The summed E-state index contributed by atoms with van der Waals surface area (Å²) in [6, 6.07) is 11.3. The van der Waals surface area contributed by atoms with Crippen molar-refractivity contribution < 1.29 is 14.2 Å². The van der Waals surface area contributed by atoms with Gasteiger partial charge in [0.15, 0.2) is 0 Å². The summed E-state index contributed by atoms with van der Waals surface area (Å²) in [5, 5.41) is 10.7. The lowest BCUT2D eigenvalue weighted by Crippen LogP contribution is -2.19. The molecule has 2 aromatic rings. The van der Waals surface area contributed by atoms with Gasteiger partial charge < -0.3 is 9.84 Å². The van der Waals surface area contributed by atoms with Crippen molar-refractivity contribution in [2.24, 2.45) is 0 Å². The van der Waals surface area contributed by atoms with Gasteiger partial charge in [0.25, 0.3) is 0 Å². The molecule has 0 radical (unpaired) electrons. The van der Waals surface area contributed by atoms with E-state index in [9.17, 15) is 9.50 Å². The molecule has 0 fully saturated rings. The second kappa shape index (κ2) is 4.83. The van der Waals surface area contributed by atoms with Gasteiger partial charge in [0.2, 0.25) is 0 Å². The van der Waals surface area contributed by atoms with Gasteiger partial charge in [0.05, 0.1) is 6.10 Å². The molecule has 0 spiro atoms. The fourth-order valence-corrected chi connectivity index (χ4v) is 2.48. The molecule has 4 heteroatoms. The van der Waals surface area contributed by atoms with Crippen LogP contribution in [-0.2, 0) is 0 Å². The molecule has 1 heterocycles. The number of benzene rings is 2. The fourth-order valence-electron chi connectivity index (χ4n) is 2.30. The Morgan fingerprint density at radius 1 is 1.16 bits per heavy atom. The topological polar surface area (TPSA) is 29.5 Å². The standard InChI is InChI=1S/C15H12ClFO2/c16-10-3-6-14-12(7-10)13(18)8-15(19-14)9-1-4-11(17)5-2-9/h1-7,13,15,18H,8H2/t13-,15?/m1/s1. The minimum atomic E-state index is -0.627. The Morgan fingerprint density at radius 2 is 1.89 bits per heavy atom. The van der Waals surface area contributed by atoms with E-state index in [1.807, 2.05) is 0 Å². The highest BCUT2D eigenvalue weighted by Gasteiger charge is 2.28. The third kappa shape index (κ3) is 2.44. The van der Waals surface area contributed by atoms with Crippen LogP contribution in [0.25, 0.3) is 0 Å². The van der Waals surface area contributed by atoms with Gasteiger partial charge in [0.1, 0.15) is 17.7 Å². The number of halogens is 2. The van der Waals surface area contributed by atoms with Crippen LogP contribution in [0.4, 0.5) is 4.39 Å². The third-order valence-electron chi connectivity index (χ3n) is 3.28. The summed E-state index contributed by atoms with van der Waals surface area (Å²) >= 11 is 5.90. The summed E-state index contributed by atoms with van der Waals surface area (Å²) < 4.78 is 18.8. The molecule has 2 aromatic carbocycles. The summed E-state index contributed by atoms with van der Waals surface area (Å²) in [5.41, 5.74) is 1.55. The number of aliphatic hydroxyl groups is 1. The molecule has 1 aliphatic rings. The molecule has 0 aliphatic carbocycles. The Morgan fingerprint density at radius 3 is 2.63 bits per heavy atom. The molecule has 2 atom stereocenters. The minimum Gasteiger partial charge on any atom is -0.485 e. The van der Waals surface area contributed by atoms with E-state index in [4.69, 9.17) is 16.3 Å². The van der Waals surface area contributed by atoms with Gasteiger partial charge in [-0.1, -0.05) is 23.7 Å². The summed E-state index contributed by atoms with van der Waals surface area (Å²) in [4.78, 5) is 0. The van der Waals surface area contributed by atoms with Crippen molar-refractivity contribution in [1.82, 2.24) is 0 Å². The van der Waals surface area contributed by atoms with E-state index in [0.29, 0.717) is 22.8 Å². The number of hydrogen-bond donors (Lipinski definition) is 1. The maximum absolute atomic E-state index is 12.9. The van der Waals surface area contributed by atoms with Gasteiger partial charge >= 0.3 is 0 Å². The highest BCUT2D eigenvalue weighted by molar-refractivity contribution is 6.30. The SMILES string of the molecule is O[C@@H]1CC(c2ccc(F)cc2)Oc2ccc(Cl)cc21. The lowest BCUT2D eigenvalue weighted by molar-refractivity contribution is 0.0657. The number of fused-ring (bicyclic) bond motifs is 1. The number of aliphatic hydroxyl groups excluding tert-OH is 1. The Bertz CT molecular complexity index is 598. The normalized spacial score (nSPS) is 21.6. The molecule has 3 rings (SSSR count). The highest BCUT2D eigenvalue weighted by atomic mass is 35.5. The molecule has 0 amide bonds. The van der Waals surface area contributed by atoms with Crippen molar-refractivity contribution >= 4 is 11.6 Å². The van der Waals surface area contributed by atoms with Crippen LogP contribution in [0.1, 0.15) is 29.8 Å². The Balaban J connectivity index is 1.92. The molecular formula is C15H12ClFO2. The molecule has 1 N–H and O–H groups in total. The Kier molecular flexibility index (Phi) is 3.17. The first-order valence-electron chi connectivity index (χ1n) is 6.03. The lowest BCUT2D eigenvalue weighted by Gasteiger charge is -2.30. The predicted molar refractivity (Wildman–Crippen MR) is 70.8 cm³/mol. The van der Waals surface area contributed by atoms with E-state index < -0.39 is 6.10 Å². The monoisotopic (exact) mass is 278 g/mol. The zero-order chi connectivity index (χ0) is 13.4. The second-order valence-electron chi connectivity index (χ2n) is 4.59. The van der Waals surface area contributed by atoms with Crippen LogP contribution in [0.3, 0.4) is 0 Å². The Hall–Kier alpha value is -1.58. The van der Waals surface area contributed by atoms with Crippen molar-refractivity contribution in [3.63, 3.8) is 0 Å². The molecule has 0 saturated carbocycles. The van der Waals surface area contributed by atoms with E-state index in [-0.39, 0.29) is 11.9 Å². The van der Waals surface area contributed by atoms with Crippen LogP contribution < -0.4 is 4.74 Å². The molecule has 1 aliphatic heterocycles. The van der Waals surface area contributed by atoms with Gasteiger partial charge in [0, 0.05) is 17.0 Å². The first-order chi connectivity index (χ1) is 9.13. The first kappa shape index (κ1) is 12.5. The van der Waals surface area contributed by atoms with E-state index in [1.165, 1.54) is 12.1 Å². The number of ether oxygens (including phenoxy) is 1. The van der Waals surface area contributed by atoms with Crippen molar-refractivity contribution in [3.8, 4) is 5.75 Å². The van der Waals surface area contributed by atoms with Crippen LogP contribution in [0, 0.1) is 5.82 Å². The summed E-state index contributed by atoms with van der Waals surface area (Å²) in [6.07, 6.45) is -0.472. The second-order valence-corrected chi connectivity index (χ2v) is 5.03. The van der Waals surface area contributed by atoms with E-state index in [1.54, 1.807) is 30.3 Å². The summed E-state index contributed by atoms with van der Waals surface area (Å²) in [5.74, 6) is 0.338. The molecule has 1 unspecified atom stereocenters. The summed E-state index contributed by atoms with van der Waals surface area (Å²) in [6.45, 7) is 0. The van der Waals surface area contributed by atoms with E-state index >= 15 is 0 Å². The Labute approximate surface area is 115 Å². The average molecular weight is 279 g/mol. The van der Waals surface area contributed by atoms with Gasteiger partial charge in [-0.25, -0.2) is 4.39 Å². The van der Waals surface area contributed by atoms with Gasteiger partial charge in [-0.2, -0.15) is 0 Å². The van der Waals surface area contributed by atoms with Gasteiger partial charge in [-0.05, 0) is 35.9 Å². The predicted octanol–water partition coefficient (Wildman–Crippen LogP) is 4.04. The van der Waals surface area contributed by atoms with Crippen LogP contribution in [0.5, 0.6) is 5.75 Å². The van der Waals surface area contributed by atoms with Crippen LogP contribution in [-0.4, -0.2) is 5.11 Å². The van der Waals surface area contributed by atoms with Crippen molar-refractivity contribution in [2.75, 3.05) is 0 Å².